The summed E-state index contributed by atoms with van der Waals surface area (Å²) < 4.78 is 60.6. The summed E-state index contributed by atoms with van der Waals surface area (Å²) in [4.78, 5) is 16.8. The minimum Gasteiger partial charge on any atom is -0.444 e. The van der Waals surface area contributed by atoms with Gasteiger partial charge in [0.15, 0.2) is 0 Å². The number of nitrogens with zero attached hydrogens (tertiary/aromatic N) is 4. The van der Waals surface area contributed by atoms with Crippen LogP contribution in [0.5, 0.6) is 0 Å². The van der Waals surface area contributed by atoms with Gasteiger partial charge in [-0.25, -0.2) is 22.0 Å². The number of ether oxygens (including phenoxy) is 1. The van der Waals surface area contributed by atoms with Gasteiger partial charge in [-0.15, -0.1) is 0 Å². The number of hydrogen-bond acceptors (Lipinski definition) is 7. The SMILES string of the molecule is CN1CC(N2Cc3cn(S(=O)(=O)C4CC4)nc3C2)CC(NC(=O)OC(C)(C)C)[C@H]1c1cc(F)ccc1F. The Kier molecular flexibility index (Phi) is 6.56. The zero-order valence-corrected chi connectivity index (χ0v) is 22.3. The third-order valence-corrected chi connectivity index (χ3v) is 9.19. The van der Waals surface area contributed by atoms with Crippen LogP contribution in [0.1, 0.15) is 62.9 Å². The highest BCUT2D eigenvalue weighted by Gasteiger charge is 2.43. The molecule has 1 aliphatic carbocycles. The molecule has 0 radical (unpaired) electrons. The first kappa shape index (κ1) is 26.1. The molecule has 1 amide bonds. The molecule has 9 nitrogen and oxygen atoms in total. The van der Waals surface area contributed by atoms with Gasteiger partial charge in [0.05, 0.1) is 23.0 Å². The molecule has 12 heteroatoms. The Hall–Kier alpha value is -2.57. The van der Waals surface area contributed by atoms with E-state index < -0.39 is 45.4 Å². The number of benzene rings is 1. The predicted octanol–water partition coefficient (Wildman–Crippen LogP) is 3.16. The zero-order valence-electron chi connectivity index (χ0n) is 21.4. The Morgan fingerprint density at radius 3 is 2.57 bits per heavy atom. The maximum Gasteiger partial charge on any atom is 0.407 e. The zero-order chi connectivity index (χ0) is 26.7. The molecule has 2 aliphatic heterocycles. The number of carbonyl (C=O) groups is 1. The van der Waals surface area contributed by atoms with E-state index in [2.05, 4.69) is 15.3 Å². The lowest BCUT2D eigenvalue weighted by atomic mass is 9.87. The number of carbonyl (C=O) groups excluding carboxylic acids is 1. The van der Waals surface area contributed by atoms with Gasteiger partial charge >= 0.3 is 6.09 Å². The molecule has 1 N–H and O–H groups in total. The lowest BCUT2D eigenvalue weighted by Crippen LogP contribution is -2.57. The van der Waals surface area contributed by atoms with Crippen molar-refractivity contribution in [3.63, 3.8) is 0 Å². The Morgan fingerprint density at radius 1 is 1.19 bits per heavy atom. The summed E-state index contributed by atoms with van der Waals surface area (Å²) in [7, 11) is -1.60. The molecule has 2 aromatic rings. The minimum absolute atomic E-state index is 0.0412. The highest BCUT2D eigenvalue weighted by Crippen LogP contribution is 2.37. The van der Waals surface area contributed by atoms with Gasteiger partial charge in [-0.2, -0.15) is 9.19 Å². The van der Waals surface area contributed by atoms with Crippen molar-refractivity contribution < 1.29 is 26.7 Å². The standard InChI is InChI=1S/C25H33F2N5O4S/c1-25(2,3)36-24(33)28-21-10-17(13-30(4)23(21)19-9-16(26)5-8-20(19)27)31-11-15-12-32(29-22(15)14-31)37(34,35)18-6-7-18/h5,8-9,12,17-18,21,23H,6-7,10-11,13-14H2,1-4H3,(H,28,33)/t17?,21?,23-/m1/s1. The number of alkyl carbamates (subject to hydrolysis) is 1. The second-order valence-corrected chi connectivity index (χ2v) is 13.4. The molecule has 3 atom stereocenters. The fraction of sp³-hybridized carbons (Fsp3) is 0.600. The van der Waals surface area contributed by atoms with E-state index in [0.717, 1.165) is 27.5 Å². The first-order valence-electron chi connectivity index (χ1n) is 12.5. The Morgan fingerprint density at radius 2 is 1.92 bits per heavy atom. The van der Waals surface area contributed by atoms with Crippen molar-refractivity contribution >= 4 is 16.1 Å². The molecular weight excluding hydrogens is 504 g/mol. The molecule has 1 aromatic carbocycles. The molecule has 3 aliphatic rings. The number of likely N-dealkylation sites (tertiary alicyclic amines) is 1. The molecular formula is C25H33F2N5O4S. The molecule has 2 fully saturated rings. The van der Waals surface area contributed by atoms with Crippen LogP contribution < -0.4 is 5.32 Å². The number of amides is 1. The van der Waals surface area contributed by atoms with Crippen LogP contribution in [0.3, 0.4) is 0 Å². The molecule has 202 valence electrons. The lowest BCUT2D eigenvalue weighted by molar-refractivity contribution is 0.0257. The molecule has 3 heterocycles. The molecule has 0 bridgehead atoms. The summed E-state index contributed by atoms with van der Waals surface area (Å²) in [5.74, 6) is -1.09. The first-order valence-corrected chi connectivity index (χ1v) is 14.0. The van der Waals surface area contributed by atoms with Gasteiger partial charge in [0.25, 0.3) is 10.0 Å². The first-order chi connectivity index (χ1) is 17.3. The molecule has 1 aromatic heterocycles. The third-order valence-electron chi connectivity index (χ3n) is 7.16. The number of aromatic nitrogens is 2. The second-order valence-electron chi connectivity index (χ2n) is 11.3. The number of likely N-dealkylation sites (N-methyl/N-ethyl adjacent to an activating group) is 1. The van der Waals surface area contributed by atoms with Gasteiger partial charge in [-0.05, 0) is 65.3 Å². The Balaban J connectivity index is 1.36. The van der Waals surface area contributed by atoms with Crippen LogP contribution in [0.15, 0.2) is 24.4 Å². The quantitative estimate of drug-likeness (QED) is 0.626. The maximum atomic E-state index is 14.8. The summed E-state index contributed by atoms with van der Waals surface area (Å²) >= 11 is 0. The molecule has 5 rings (SSSR count). The monoisotopic (exact) mass is 537 g/mol. The van der Waals surface area contributed by atoms with E-state index in [1.54, 1.807) is 27.0 Å². The van der Waals surface area contributed by atoms with Gasteiger partial charge in [0.1, 0.15) is 17.2 Å². The van der Waals surface area contributed by atoms with Crippen LogP contribution in [-0.4, -0.2) is 70.0 Å². The summed E-state index contributed by atoms with van der Waals surface area (Å²) in [6.45, 7) is 6.81. The number of hydrogen-bond donors (Lipinski definition) is 1. The fourth-order valence-electron chi connectivity index (χ4n) is 5.37. The smallest absolute Gasteiger partial charge is 0.407 e. The Bertz CT molecular complexity index is 1280. The lowest BCUT2D eigenvalue weighted by Gasteiger charge is -2.46. The van der Waals surface area contributed by atoms with Gasteiger partial charge < -0.3 is 10.1 Å². The highest BCUT2D eigenvalue weighted by molar-refractivity contribution is 7.90. The highest BCUT2D eigenvalue weighted by atomic mass is 32.2. The summed E-state index contributed by atoms with van der Waals surface area (Å²) in [6.07, 6.45) is 2.80. The van der Waals surface area contributed by atoms with E-state index in [9.17, 15) is 22.0 Å². The van der Waals surface area contributed by atoms with Crippen LogP contribution in [0, 0.1) is 11.6 Å². The minimum atomic E-state index is -3.43. The van der Waals surface area contributed by atoms with Crippen LogP contribution in [0.4, 0.5) is 13.6 Å². The largest absolute Gasteiger partial charge is 0.444 e. The average molecular weight is 538 g/mol. The van der Waals surface area contributed by atoms with Crippen molar-refractivity contribution in [2.75, 3.05) is 13.6 Å². The second kappa shape index (κ2) is 9.32. The van der Waals surface area contributed by atoms with E-state index in [0.29, 0.717) is 38.9 Å². The van der Waals surface area contributed by atoms with E-state index in [1.807, 2.05) is 11.9 Å². The summed E-state index contributed by atoms with van der Waals surface area (Å²) in [6, 6.07) is 2.15. The third kappa shape index (κ3) is 5.37. The van der Waals surface area contributed by atoms with Crippen LogP contribution in [0.25, 0.3) is 0 Å². The Labute approximate surface area is 215 Å². The normalized spacial score (nSPS) is 25.2. The average Bonchev–Trinajstić information content (AvgIpc) is 3.45. The van der Waals surface area contributed by atoms with Gasteiger partial charge in [-0.1, -0.05) is 0 Å². The van der Waals surface area contributed by atoms with E-state index in [1.165, 1.54) is 6.07 Å². The fourth-order valence-corrected chi connectivity index (χ4v) is 6.89. The van der Waals surface area contributed by atoms with Crippen LogP contribution in [-0.2, 0) is 27.8 Å². The van der Waals surface area contributed by atoms with Crippen molar-refractivity contribution in [1.82, 2.24) is 24.3 Å². The van der Waals surface area contributed by atoms with E-state index in [4.69, 9.17) is 4.74 Å². The topological polar surface area (TPSA) is 96.8 Å². The van der Waals surface area contributed by atoms with Crippen LogP contribution >= 0.6 is 0 Å². The van der Waals surface area contributed by atoms with Crippen molar-refractivity contribution in [2.24, 2.45) is 0 Å². The number of fused-ring (bicyclic) bond motifs is 1. The molecule has 0 spiro atoms. The van der Waals surface area contributed by atoms with E-state index in [-0.39, 0.29) is 16.9 Å². The van der Waals surface area contributed by atoms with E-state index >= 15 is 0 Å². The molecule has 2 unspecified atom stereocenters. The van der Waals surface area contributed by atoms with Gasteiger partial charge in [0, 0.05) is 43.0 Å². The van der Waals surface area contributed by atoms with Gasteiger partial charge in [-0.3, -0.25) is 9.80 Å². The molecule has 1 saturated carbocycles. The predicted molar refractivity (Wildman–Crippen MR) is 132 cm³/mol. The van der Waals surface area contributed by atoms with Crippen molar-refractivity contribution in [3.8, 4) is 0 Å². The molecule has 1 saturated heterocycles. The van der Waals surface area contributed by atoms with Gasteiger partial charge in [0.2, 0.25) is 0 Å². The number of rotatable bonds is 5. The summed E-state index contributed by atoms with van der Waals surface area (Å²) in [5.41, 5.74) is 1.05. The van der Waals surface area contributed by atoms with Crippen molar-refractivity contribution in [1.29, 1.82) is 0 Å². The van der Waals surface area contributed by atoms with Crippen molar-refractivity contribution in [3.05, 3.63) is 52.9 Å². The molecule has 37 heavy (non-hydrogen) atoms. The maximum absolute atomic E-state index is 14.8. The van der Waals surface area contributed by atoms with Crippen LogP contribution in [0.2, 0.25) is 0 Å². The number of piperidine rings is 1. The number of halogens is 2. The van der Waals surface area contributed by atoms with Crippen molar-refractivity contribution in [2.45, 2.75) is 82.1 Å². The number of nitrogens with one attached hydrogen (secondary N) is 1. The summed E-state index contributed by atoms with van der Waals surface area (Å²) in [5, 5.41) is 6.93.